The van der Waals surface area contributed by atoms with E-state index in [2.05, 4.69) is 10.6 Å². The molecule has 11 nitrogen and oxygen atoms in total. The minimum absolute atomic E-state index is 0.114. The Hall–Kier alpha value is -4.68. The number of methoxy groups -OCH3 is 3. The van der Waals surface area contributed by atoms with Crippen LogP contribution in [0.1, 0.15) is 16.8 Å². The normalized spacial score (nSPS) is 13.9. The van der Waals surface area contributed by atoms with Gasteiger partial charge in [-0.25, -0.2) is 0 Å². The number of thioether (sulfide) groups is 1. The maximum atomic E-state index is 13.5. The molecule has 0 fully saturated rings. The number of benzene rings is 3. The van der Waals surface area contributed by atoms with Gasteiger partial charge in [-0.05, 0) is 55.0 Å². The van der Waals surface area contributed by atoms with Crippen LogP contribution in [-0.2, 0) is 14.3 Å². The summed E-state index contributed by atoms with van der Waals surface area (Å²) in [6.45, 7) is 0.717. The van der Waals surface area contributed by atoms with E-state index < -0.39 is 11.8 Å². The molecule has 42 heavy (non-hydrogen) atoms. The summed E-state index contributed by atoms with van der Waals surface area (Å²) in [6.07, 6.45) is 0.492. The Morgan fingerprint density at radius 2 is 1.79 bits per heavy atom. The van der Waals surface area contributed by atoms with Crippen LogP contribution >= 0.6 is 11.8 Å². The number of nitrogens with one attached hydrogen (secondary N) is 2. The highest BCUT2D eigenvalue weighted by Crippen LogP contribution is 2.39. The van der Waals surface area contributed by atoms with Crippen molar-refractivity contribution in [3.8, 4) is 23.0 Å². The number of carbonyl (C=O) groups excluding carboxylic acids is 3. The number of amides is 3. The van der Waals surface area contributed by atoms with Crippen molar-refractivity contribution in [2.24, 2.45) is 0 Å². The van der Waals surface area contributed by atoms with Gasteiger partial charge in [0.1, 0.15) is 22.1 Å². The summed E-state index contributed by atoms with van der Waals surface area (Å²) in [4.78, 5) is 42.0. The van der Waals surface area contributed by atoms with E-state index in [1.165, 1.54) is 12.0 Å². The maximum absolute atomic E-state index is 13.5. The van der Waals surface area contributed by atoms with Crippen molar-refractivity contribution < 1.29 is 38.1 Å². The number of ether oxygens (including phenoxy) is 5. The lowest BCUT2D eigenvalue weighted by Crippen LogP contribution is -2.33. The molecule has 12 heteroatoms. The number of hydrogen-bond acceptors (Lipinski definition) is 10. The molecular weight excluding hydrogens is 562 g/mol. The summed E-state index contributed by atoms with van der Waals surface area (Å²) >= 11 is 1.13. The SMILES string of the molecule is COCCCN1C(=O)C(Nc2ccc(OC)cc2OC)=C(Sc2cccc(NC(=O)c3ccc4c(c3)OCO4)c2)C1=O. The lowest BCUT2D eigenvalue weighted by Gasteiger charge is -2.15. The first kappa shape index (κ1) is 28.8. The molecule has 3 aromatic carbocycles. The predicted molar refractivity (Wildman–Crippen MR) is 156 cm³/mol. The molecule has 2 N–H and O–H groups in total. The molecule has 0 aromatic heterocycles. The van der Waals surface area contributed by atoms with E-state index in [1.807, 2.05) is 0 Å². The predicted octanol–water partition coefficient (Wildman–Crippen LogP) is 4.51. The van der Waals surface area contributed by atoms with Crippen molar-refractivity contribution in [1.29, 1.82) is 0 Å². The van der Waals surface area contributed by atoms with Crippen LogP contribution in [0.4, 0.5) is 11.4 Å². The Morgan fingerprint density at radius 3 is 2.57 bits per heavy atom. The van der Waals surface area contributed by atoms with Gasteiger partial charge in [-0.15, -0.1) is 0 Å². The summed E-state index contributed by atoms with van der Waals surface area (Å²) in [5.41, 5.74) is 1.54. The lowest BCUT2D eigenvalue weighted by atomic mass is 10.2. The van der Waals surface area contributed by atoms with Crippen LogP contribution in [0.2, 0.25) is 0 Å². The molecular formula is C30H29N3O8S. The number of imide groups is 1. The first-order valence-corrected chi connectivity index (χ1v) is 13.8. The number of hydrogen-bond donors (Lipinski definition) is 2. The highest BCUT2D eigenvalue weighted by atomic mass is 32.2. The highest BCUT2D eigenvalue weighted by molar-refractivity contribution is 8.04. The van der Waals surface area contributed by atoms with Crippen molar-refractivity contribution in [2.75, 3.05) is 51.9 Å². The second kappa shape index (κ2) is 12.9. The van der Waals surface area contributed by atoms with Gasteiger partial charge < -0.3 is 34.3 Å². The number of carbonyl (C=O) groups is 3. The molecule has 0 atom stereocenters. The molecule has 0 radical (unpaired) electrons. The molecule has 5 rings (SSSR count). The largest absolute Gasteiger partial charge is 0.497 e. The molecule has 3 aromatic rings. The fraction of sp³-hybridized carbons (Fsp3) is 0.233. The summed E-state index contributed by atoms with van der Waals surface area (Å²) in [5, 5.41) is 5.98. The fourth-order valence-electron chi connectivity index (χ4n) is 4.36. The third kappa shape index (κ3) is 6.14. The van der Waals surface area contributed by atoms with Crippen LogP contribution in [0.15, 0.2) is 76.2 Å². The third-order valence-corrected chi connectivity index (χ3v) is 7.54. The smallest absolute Gasteiger partial charge is 0.278 e. The van der Waals surface area contributed by atoms with Crippen LogP contribution in [0, 0.1) is 0 Å². The molecule has 0 unspecified atom stereocenters. The minimum Gasteiger partial charge on any atom is -0.497 e. The average Bonchev–Trinajstić information content (AvgIpc) is 3.56. The van der Waals surface area contributed by atoms with Crippen molar-refractivity contribution in [2.45, 2.75) is 11.3 Å². The molecule has 2 aliphatic rings. The topological polar surface area (TPSA) is 125 Å². The van der Waals surface area contributed by atoms with Crippen LogP contribution in [0.25, 0.3) is 0 Å². The number of nitrogens with zero attached hydrogens (tertiary/aromatic N) is 1. The quantitative estimate of drug-likeness (QED) is 0.230. The van der Waals surface area contributed by atoms with E-state index in [0.29, 0.717) is 57.9 Å². The number of rotatable bonds is 12. The van der Waals surface area contributed by atoms with Gasteiger partial charge in [-0.3, -0.25) is 19.3 Å². The molecule has 0 saturated carbocycles. The summed E-state index contributed by atoms with van der Waals surface area (Å²) in [6, 6.07) is 17.1. The Kier molecular flexibility index (Phi) is 8.84. The van der Waals surface area contributed by atoms with Crippen molar-refractivity contribution in [3.05, 3.63) is 76.8 Å². The van der Waals surface area contributed by atoms with E-state index in [0.717, 1.165) is 11.8 Å². The lowest BCUT2D eigenvalue weighted by molar-refractivity contribution is -0.137. The van der Waals surface area contributed by atoms with Crippen LogP contribution < -0.4 is 29.6 Å². The van der Waals surface area contributed by atoms with Gasteiger partial charge in [0.2, 0.25) is 6.79 Å². The van der Waals surface area contributed by atoms with E-state index >= 15 is 0 Å². The van der Waals surface area contributed by atoms with Gasteiger partial charge in [0.15, 0.2) is 11.5 Å². The van der Waals surface area contributed by atoms with E-state index in [4.69, 9.17) is 23.7 Å². The Bertz CT molecular complexity index is 1560. The zero-order valence-electron chi connectivity index (χ0n) is 23.2. The van der Waals surface area contributed by atoms with Crippen molar-refractivity contribution in [1.82, 2.24) is 4.90 Å². The standard InChI is InChI=1S/C30H29N3O8S/c1-37-13-5-12-33-29(35)26(32-22-10-9-20(38-2)16-24(22)39-3)27(30(33)36)42-21-7-4-6-19(15-21)31-28(34)18-8-11-23-25(14-18)41-17-40-23/h4,6-11,14-16,32H,5,12-13,17H2,1-3H3,(H,31,34). The molecule has 2 heterocycles. The number of anilines is 2. The second-order valence-electron chi connectivity index (χ2n) is 9.16. The second-order valence-corrected chi connectivity index (χ2v) is 10.2. The maximum Gasteiger partial charge on any atom is 0.278 e. The highest BCUT2D eigenvalue weighted by Gasteiger charge is 2.39. The Morgan fingerprint density at radius 1 is 0.952 bits per heavy atom. The van der Waals surface area contributed by atoms with Crippen molar-refractivity contribution in [3.63, 3.8) is 0 Å². The van der Waals surface area contributed by atoms with Gasteiger partial charge in [0.05, 0.1) is 19.9 Å². The van der Waals surface area contributed by atoms with Gasteiger partial charge in [-0.2, -0.15) is 0 Å². The van der Waals surface area contributed by atoms with Crippen LogP contribution in [-0.4, -0.2) is 63.9 Å². The minimum atomic E-state index is -0.455. The molecule has 0 aliphatic carbocycles. The molecule has 218 valence electrons. The molecule has 3 amide bonds. The third-order valence-electron chi connectivity index (χ3n) is 6.47. The van der Waals surface area contributed by atoms with Gasteiger partial charge in [-0.1, -0.05) is 17.8 Å². The van der Waals surface area contributed by atoms with Gasteiger partial charge in [0.25, 0.3) is 17.7 Å². The monoisotopic (exact) mass is 591 g/mol. The number of fused-ring (bicyclic) bond motifs is 1. The van der Waals surface area contributed by atoms with Crippen LogP contribution in [0.3, 0.4) is 0 Å². The fourth-order valence-corrected chi connectivity index (χ4v) is 5.37. The Labute approximate surface area is 246 Å². The molecule has 0 spiro atoms. The molecule has 2 aliphatic heterocycles. The zero-order valence-corrected chi connectivity index (χ0v) is 24.0. The van der Waals surface area contributed by atoms with E-state index in [1.54, 1.807) is 74.9 Å². The van der Waals surface area contributed by atoms with E-state index in [-0.39, 0.29) is 29.8 Å². The summed E-state index contributed by atoms with van der Waals surface area (Å²) in [7, 11) is 4.61. The summed E-state index contributed by atoms with van der Waals surface area (Å²) < 4.78 is 26.5. The first-order chi connectivity index (χ1) is 20.4. The van der Waals surface area contributed by atoms with Gasteiger partial charge in [0, 0.05) is 42.5 Å². The van der Waals surface area contributed by atoms with Crippen LogP contribution in [0.5, 0.6) is 23.0 Å². The molecule has 0 bridgehead atoms. The zero-order chi connectivity index (χ0) is 29.6. The van der Waals surface area contributed by atoms with Gasteiger partial charge >= 0.3 is 0 Å². The Balaban J connectivity index is 1.40. The molecule has 0 saturated heterocycles. The first-order valence-electron chi connectivity index (χ1n) is 13.0. The van der Waals surface area contributed by atoms with Crippen molar-refractivity contribution >= 4 is 40.9 Å². The summed E-state index contributed by atoms with van der Waals surface area (Å²) in [5.74, 6) is 0.900. The average molecular weight is 592 g/mol. The van der Waals surface area contributed by atoms with E-state index in [9.17, 15) is 14.4 Å².